The Kier molecular flexibility index (Phi) is 5.61. The molecule has 0 saturated carbocycles. The number of unbranched alkanes of at least 4 members (excludes halogenated alkanes) is 2. The van der Waals surface area contributed by atoms with E-state index in [1.54, 1.807) is 0 Å². The summed E-state index contributed by atoms with van der Waals surface area (Å²) in [5, 5.41) is 4.44. The Morgan fingerprint density at radius 2 is 1.59 bits per heavy atom. The van der Waals surface area contributed by atoms with Crippen LogP contribution in [0.1, 0.15) is 43.4 Å². The Labute approximate surface area is 171 Å². The highest BCUT2D eigenvalue weighted by molar-refractivity contribution is 5.87. The second kappa shape index (κ2) is 8.48. The van der Waals surface area contributed by atoms with E-state index in [-0.39, 0.29) is 0 Å². The topological polar surface area (TPSA) is 52.1 Å². The zero-order valence-electron chi connectivity index (χ0n) is 17.2. The zero-order valence-corrected chi connectivity index (χ0v) is 17.2. The van der Waals surface area contributed by atoms with E-state index in [1.165, 1.54) is 5.56 Å². The Hall–Kier alpha value is -3.14. The lowest BCUT2D eigenvalue weighted by molar-refractivity contribution is 0.381. The predicted molar refractivity (Wildman–Crippen MR) is 116 cm³/mol. The number of rotatable bonds is 7. The van der Waals surface area contributed by atoms with Gasteiger partial charge < -0.3 is 8.94 Å². The van der Waals surface area contributed by atoms with Crippen LogP contribution >= 0.6 is 0 Å². The number of hydrogen-bond acceptors (Lipinski definition) is 4. The first-order valence-electron chi connectivity index (χ1n) is 10.3. The monoisotopic (exact) mass is 386 g/mol. The maximum Gasteiger partial charge on any atom is 0.192 e. The van der Waals surface area contributed by atoms with Crippen LogP contribution in [0.2, 0.25) is 0 Å². The first-order valence-corrected chi connectivity index (χ1v) is 10.3. The van der Waals surface area contributed by atoms with E-state index in [0.717, 1.165) is 65.3 Å². The molecule has 0 aliphatic rings. The van der Waals surface area contributed by atoms with Gasteiger partial charge in [0.05, 0.1) is 5.56 Å². The van der Waals surface area contributed by atoms with Gasteiger partial charge in [0.1, 0.15) is 17.1 Å². The molecule has 0 N–H and O–H groups in total. The smallest absolute Gasteiger partial charge is 0.192 e. The van der Waals surface area contributed by atoms with E-state index in [2.05, 4.69) is 55.4 Å². The van der Waals surface area contributed by atoms with Crippen molar-refractivity contribution in [2.45, 2.75) is 46.5 Å². The molecule has 0 aliphatic heterocycles. The standard InChI is InChI=1S/C25H26N2O2/c1-4-5-7-12-21-22(23(27-29-21)19-10-8-6-9-11-19)24-25(28-18(3)26-24)20-15-13-17(2)14-16-20/h6,8-11,13-16H,4-5,7,12H2,1-3H3. The van der Waals surface area contributed by atoms with E-state index in [1.807, 2.05) is 25.1 Å². The second-order valence-electron chi connectivity index (χ2n) is 7.43. The van der Waals surface area contributed by atoms with Crippen molar-refractivity contribution in [3.8, 4) is 33.8 Å². The molecule has 0 saturated heterocycles. The van der Waals surface area contributed by atoms with Crippen LogP contribution in [0.4, 0.5) is 0 Å². The van der Waals surface area contributed by atoms with Gasteiger partial charge in [0, 0.05) is 24.5 Å². The lowest BCUT2D eigenvalue weighted by Gasteiger charge is -2.05. The summed E-state index contributed by atoms with van der Waals surface area (Å²) in [5.74, 6) is 2.27. The van der Waals surface area contributed by atoms with E-state index in [4.69, 9.17) is 13.9 Å². The van der Waals surface area contributed by atoms with E-state index in [9.17, 15) is 0 Å². The van der Waals surface area contributed by atoms with Gasteiger partial charge in [0.15, 0.2) is 11.7 Å². The molecule has 0 fully saturated rings. The Balaban J connectivity index is 1.87. The number of aromatic nitrogens is 2. The third-order valence-corrected chi connectivity index (χ3v) is 5.10. The SMILES string of the molecule is CCCCCc1onc(-c2ccccc2)c1-c1nc(C)oc1-c1ccc(C)cc1. The largest absolute Gasteiger partial charge is 0.440 e. The molecule has 0 unspecified atom stereocenters. The van der Waals surface area contributed by atoms with Gasteiger partial charge >= 0.3 is 0 Å². The molecule has 0 atom stereocenters. The lowest BCUT2D eigenvalue weighted by atomic mass is 9.98. The van der Waals surface area contributed by atoms with Crippen molar-refractivity contribution in [1.82, 2.24) is 10.1 Å². The average Bonchev–Trinajstić information content (AvgIpc) is 3.32. The Morgan fingerprint density at radius 3 is 2.31 bits per heavy atom. The van der Waals surface area contributed by atoms with Crippen LogP contribution in [0.25, 0.3) is 33.8 Å². The van der Waals surface area contributed by atoms with Crippen molar-refractivity contribution in [2.75, 3.05) is 0 Å². The van der Waals surface area contributed by atoms with Crippen LogP contribution in [0.3, 0.4) is 0 Å². The molecule has 0 amide bonds. The summed E-state index contributed by atoms with van der Waals surface area (Å²) in [5.41, 5.74) is 5.80. The van der Waals surface area contributed by atoms with Crippen LogP contribution in [0.5, 0.6) is 0 Å². The molecule has 4 aromatic rings. The lowest BCUT2D eigenvalue weighted by Crippen LogP contribution is -1.91. The van der Waals surface area contributed by atoms with Crippen LogP contribution in [0, 0.1) is 13.8 Å². The molecule has 4 heteroatoms. The van der Waals surface area contributed by atoms with Crippen molar-refractivity contribution in [3.05, 3.63) is 71.8 Å². The van der Waals surface area contributed by atoms with Crippen LogP contribution in [-0.4, -0.2) is 10.1 Å². The van der Waals surface area contributed by atoms with E-state index in [0.29, 0.717) is 5.89 Å². The molecule has 0 radical (unpaired) electrons. The minimum absolute atomic E-state index is 0.635. The number of hydrogen-bond donors (Lipinski definition) is 0. The molecule has 148 valence electrons. The van der Waals surface area contributed by atoms with Crippen molar-refractivity contribution >= 4 is 0 Å². The normalized spacial score (nSPS) is 11.1. The molecule has 0 bridgehead atoms. The highest BCUT2D eigenvalue weighted by Gasteiger charge is 2.26. The fourth-order valence-corrected chi connectivity index (χ4v) is 3.56. The van der Waals surface area contributed by atoms with Crippen molar-refractivity contribution < 1.29 is 8.94 Å². The predicted octanol–water partition coefficient (Wildman–Crippen LogP) is 7.01. The van der Waals surface area contributed by atoms with Gasteiger partial charge in [-0.3, -0.25) is 0 Å². The Bertz CT molecular complexity index is 1080. The van der Waals surface area contributed by atoms with Crippen LogP contribution < -0.4 is 0 Å². The summed E-state index contributed by atoms with van der Waals surface area (Å²) < 4.78 is 11.9. The number of oxazole rings is 1. The molecular formula is C25H26N2O2. The van der Waals surface area contributed by atoms with Gasteiger partial charge in [-0.2, -0.15) is 0 Å². The van der Waals surface area contributed by atoms with E-state index >= 15 is 0 Å². The molecule has 4 rings (SSSR count). The van der Waals surface area contributed by atoms with Gasteiger partial charge in [0.2, 0.25) is 0 Å². The second-order valence-corrected chi connectivity index (χ2v) is 7.43. The highest BCUT2D eigenvalue weighted by atomic mass is 16.5. The molecule has 2 aromatic carbocycles. The first kappa shape index (κ1) is 19.2. The van der Waals surface area contributed by atoms with Gasteiger partial charge in [-0.15, -0.1) is 0 Å². The molecule has 2 aromatic heterocycles. The summed E-state index contributed by atoms with van der Waals surface area (Å²) in [6.45, 7) is 6.16. The fourth-order valence-electron chi connectivity index (χ4n) is 3.56. The molecule has 2 heterocycles. The van der Waals surface area contributed by atoms with Crippen molar-refractivity contribution in [3.63, 3.8) is 0 Å². The minimum Gasteiger partial charge on any atom is -0.440 e. The van der Waals surface area contributed by atoms with Crippen molar-refractivity contribution in [2.24, 2.45) is 0 Å². The van der Waals surface area contributed by atoms with Gasteiger partial charge in [-0.1, -0.05) is 85.1 Å². The summed E-state index contributed by atoms with van der Waals surface area (Å²) in [7, 11) is 0. The van der Waals surface area contributed by atoms with Gasteiger partial charge in [-0.25, -0.2) is 4.98 Å². The molecule has 4 nitrogen and oxygen atoms in total. The number of benzene rings is 2. The summed E-state index contributed by atoms with van der Waals surface area (Å²) >= 11 is 0. The third kappa shape index (κ3) is 4.02. The molecule has 0 spiro atoms. The summed E-state index contributed by atoms with van der Waals surface area (Å²) in [6, 6.07) is 18.5. The van der Waals surface area contributed by atoms with Crippen molar-refractivity contribution in [1.29, 1.82) is 0 Å². The summed E-state index contributed by atoms with van der Waals surface area (Å²) in [6.07, 6.45) is 4.21. The first-order chi connectivity index (χ1) is 14.2. The van der Waals surface area contributed by atoms with Crippen LogP contribution in [0.15, 0.2) is 63.5 Å². The quantitative estimate of drug-likeness (QED) is 0.320. The summed E-state index contributed by atoms with van der Waals surface area (Å²) in [4.78, 5) is 4.76. The zero-order chi connectivity index (χ0) is 20.2. The maximum atomic E-state index is 6.06. The fraction of sp³-hybridized carbons (Fsp3) is 0.280. The molecular weight excluding hydrogens is 360 g/mol. The number of nitrogens with zero attached hydrogens (tertiary/aromatic N) is 2. The highest BCUT2D eigenvalue weighted by Crippen LogP contribution is 2.40. The maximum absolute atomic E-state index is 6.06. The third-order valence-electron chi connectivity index (χ3n) is 5.10. The molecule has 0 aliphatic carbocycles. The average molecular weight is 386 g/mol. The minimum atomic E-state index is 0.635. The van der Waals surface area contributed by atoms with E-state index < -0.39 is 0 Å². The van der Waals surface area contributed by atoms with Gasteiger partial charge in [0.25, 0.3) is 0 Å². The van der Waals surface area contributed by atoms with Gasteiger partial charge in [-0.05, 0) is 13.3 Å². The van der Waals surface area contributed by atoms with Crippen LogP contribution in [-0.2, 0) is 6.42 Å². The Morgan fingerprint density at radius 1 is 0.828 bits per heavy atom. The molecule has 29 heavy (non-hydrogen) atoms. The number of aryl methyl sites for hydroxylation is 3.